The number of aromatic nitrogens is 1. The summed E-state index contributed by atoms with van der Waals surface area (Å²) in [6, 6.07) is 3.72. The van der Waals surface area contributed by atoms with Crippen LogP contribution in [0.25, 0.3) is 0 Å². The second kappa shape index (κ2) is 8.42. The van der Waals surface area contributed by atoms with Crippen molar-refractivity contribution in [1.29, 1.82) is 0 Å². The first-order chi connectivity index (χ1) is 8.71. The summed E-state index contributed by atoms with van der Waals surface area (Å²) in [4.78, 5) is 18.2. The number of carbonyl (C=O) groups excluding carboxylic acids is 1. The van der Waals surface area contributed by atoms with Gasteiger partial charge in [-0.1, -0.05) is 42.5 Å². The predicted molar refractivity (Wildman–Crippen MR) is 82.1 cm³/mol. The van der Waals surface area contributed by atoms with Gasteiger partial charge in [-0.15, -0.1) is 0 Å². The monoisotopic (exact) mass is 361 g/mol. The van der Waals surface area contributed by atoms with Gasteiger partial charge in [0.05, 0.1) is 0 Å². The predicted octanol–water partition coefficient (Wildman–Crippen LogP) is 2.09. The fourth-order valence-electron chi connectivity index (χ4n) is 1.60. The van der Waals surface area contributed by atoms with E-state index in [0.717, 1.165) is 29.6 Å². The van der Waals surface area contributed by atoms with Crippen molar-refractivity contribution in [3.63, 3.8) is 0 Å². The number of halogens is 1. The van der Waals surface area contributed by atoms with Gasteiger partial charge in [-0.3, -0.25) is 9.78 Å². The van der Waals surface area contributed by atoms with Crippen LogP contribution in [0.1, 0.15) is 29.9 Å². The number of carbonyl (C=O) groups is 1. The molecule has 1 aromatic heterocycles. The zero-order valence-corrected chi connectivity index (χ0v) is 13.1. The quantitative estimate of drug-likeness (QED) is 0.598. The maximum atomic E-state index is 11.8. The third-order valence-electron chi connectivity index (χ3n) is 2.82. The summed E-state index contributed by atoms with van der Waals surface area (Å²) in [7, 11) is 0. The Morgan fingerprint density at radius 2 is 2.11 bits per heavy atom. The molecule has 1 heterocycles. The third kappa shape index (κ3) is 4.89. The van der Waals surface area contributed by atoms with Gasteiger partial charge < -0.3 is 10.2 Å². The number of hydrogen-bond acceptors (Lipinski definition) is 3. The van der Waals surface area contributed by atoms with Crippen molar-refractivity contribution in [2.75, 3.05) is 26.2 Å². The number of nitrogens with zero attached hydrogens (tertiary/aromatic N) is 2. The summed E-state index contributed by atoms with van der Waals surface area (Å²) in [5, 5.41) is 2.89. The van der Waals surface area contributed by atoms with Gasteiger partial charge in [0.2, 0.25) is 0 Å². The Morgan fingerprint density at radius 3 is 2.61 bits per heavy atom. The highest BCUT2D eigenvalue weighted by atomic mass is 127. The first-order valence-corrected chi connectivity index (χ1v) is 7.75. The number of amides is 1. The van der Waals surface area contributed by atoms with Crippen LogP contribution < -0.4 is 5.32 Å². The fourth-order valence-corrected chi connectivity index (χ4v) is 2.05. The molecule has 0 aliphatic carbocycles. The molecule has 1 rings (SSSR count). The Balaban J connectivity index is 2.40. The Bertz CT molecular complexity index is 363. The highest BCUT2D eigenvalue weighted by Gasteiger charge is 2.07. The lowest BCUT2D eigenvalue weighted by Crippen LogP contribution is -2.35. The molecule has 0 spiro atoms. The Labute approximate surface area is 122 Å². The molecule has 100 valence electrons. The molecule has 0 bridgehead atoms. The van der Waals surface area contributed by atoms with E-state index in [1.165, 1.54) is 0 Å². The average Bonchev–Trinajstić information content (AvgIpc) is 2.43. The lowest BCUT2D eigenvalue weighted by atomic mass is 10.2. The van der Waals surface area contributed by atoms with Gasteiger partial charge in [-0.05, 0) is 24.7 Å². The second-order valence-electron chi connectivity index (χ2n) is 3.97. The molecule has 0 fully saturated rings. The van der Waals surface area contributed by atoms with E-state index in [9.17, 15) is 4.79 Å². The highest BCUT2D eigenvalue weighted by Crippen LogP contribution is 2.04. The van der Waals surface area contributed by atoms with Crippen molar-refractivity contribution in [3.8, 4) is 0 Å². The van der Waals surface area contributed by atoms with E-state index in [1.807, 2.05) is 6.07 Å². The number of alkyl halides is 1. The Kier molecular flexibility index (Phi) is 7.19. The fraction of sp³-hybridized carbons (Fsp3) is 0.538. The maximum absolute atomic E-state index is 11.8. The zero-order valence-electron chi connectivity index (χ0n) is 10.9. The standard InChI is InChI=1S/C13H20IN3O/c1-3-17(4-2)8-7-15-13(18)12-6-5-11(9-14)10-16-12/h5-6,10H,3-4,7-9H2,1-2H3,(H,15,18). The molecule has 0 unspecified atom stereocenters. The summed E-state index contributed by atoms with van der Waals surface area (Å²) >= 11 is 2.27. The van der Waals surface area contributed by atoms with E-state index in [-0.39, 0.29) is 5.91 Å². The molecule has 0 aliphatic heterocycles. The van der Waals surface area contributed by atoms with Crippen molar-refractivity contribution in [1.82, 2.24) is 15.2 Å². The number of nitrogens with one attached hydrogen (secondary N) is 1. The molecule has 1 amide bonds. The number of pyridine rings is 1. The SMILES string of the molecule is CCN(CC)CCNC(=O)c1ccc(CI)cn1. The van der Waals surface area contributed by atoms with E-state index < -0.39 is 0 Å². The lowest BCUT2D eigenvalue weighted by Gasteiger charge is -2.17. The molecule has 0 atom stereocenters. The van der Waals surface area contributed by atoms with Crippen LogP contribution >= 0.6 is 22.6 Å². The van der Waals surface area contributed by atoms with Crippen LogP contribution in [0.2, 0.25) is 0 Å². The highest BCUT2D eigenvalue weighted by molar-refractivity contribution is 14.1. The number of likely N-dealkylation sites (N-methyl/N-ethyl adjacent to an activating group) is 1. The van der Waals surface area contributed by atoms with Crippen molar-refractivity contribution in [2.45, 2.75) is 18.3 Å². The van der Waals surface area contributed by atoms with Gasteiger partial charge in [-0.2, -0.15) is 0 Å². The molecular weight excluding hydrogens is 341 g/mol. The molecule has 0 saturated heterocycles. The number of hydrogen-bond donors (Lipinski definition) is 1. The molecule has 5 heteroatoms. The van der Waals surface area contributed by atoms with Gasteiger partial charge in [-0.25, -0.2) is 0 Å². The molecule has 0 radical (unpaired) electrons. The van der Waals surface area contributed by atoms with Gasteiger partial charge in [0, 0.05) is 23.7 Å². The minimum Gasteiger partial charge on any atom is -0.349 e. The van der Waals surface area contributed by atoms with Crippen LogP contribution in [0.3, 0.4) is 0 Å². The van der Waals surface area contributed by atoms with Crippen LogP contribution in [0.15, 0.2) is 18.3 Å². The summed E-state index contributed by atoms with van der Waals surface area (Å²) in [6.07, 6.45) is 1.76. The van der Waals surface area contributed by atoms with Gasteiger partial charge >= 0.3 is 0 Å². The van der Waals surface area contributed by atoms with E-state index in [1.54, 1.807) is 12.3 Å². The molecule has 1 aromatic rings. The average molecular weight is 361 g/mol. The topological polar surface area (TPSA) is 45.2 Å². The summed E-state index contributed by atoms with van der Waals surface area (Å²) in [5.41, 5.74) is 1.62. The van der Waals surface area contributed by atoms with Crippen LogP contribution in [0, 0.1) is 0 Å². The molecule has 0 saturated carbocycles. The van der Waals surface area contributed by atoms with Crippen LogP contribution in [-0.2, 0) is 4.43 Å². The van der Waals surface area contributed by atoms with Crippen molar-refractivity contribution < 1.29 is 4.79 Å². The smallest absolute Gasteiger partial charge is 0.269 e. The molecule has 1 N–H and O–H groups in total. The number of rotatable bonds is 7. The normalized spacial score (nSPS) is 10.7. The first kappa shape index (κ1) is 15.4. The van der Waals surface area contributed by atoms with Gasteiger partial charge in [0.25, 0.3) is 5.91 Å². The van der Waals surface area contributed by atoms with Crippen molar-refractivity contribution in [3.05, 3.63) is 29.6 Å². The largest absolute Gasteiger partial charge is 0.349 e. The van der Waals surface area contributed by atoms with Crippen molar-refractivity contribution in [2.24, 2.45) is 0 Å². The molecular formula is C13H20IN3O. The van der Waals surface area contributed by atoms with Crippen LogP contribution in [-0.4, -0.2) is 42.0 Å². The molecule has 18 heavy (non-hydrogen) atoms. The van der Waals surface area contributed by atoms with Gasteiger partial charge in [0.15, 0.2) is 0 Å². The maximum Gasteiger partial charge on any atom is 0.269 e. The first-order valence-electron chi connectivity index (χ1n) is 6.22. The molecule has 0 aliphatic rings. The minimum absolute atomic E-state index is 0.0952. The van der Waals surface area contributed by atoms with Crippen LogP contribution in [0.4, 0.5) is 0 Å². The van der Waals surface area contributed by atoms with E-state index in [4.69, 9.17) is 0 Å². The Morgan fingerprint density at radius 1 is 1.39 bits per heavy atom. The van der Waals surface area contributed by atoms with Gasteiger partial charge in [0.1, 0.15) is 5.69 Å². The van der Waals surface area contributed by atoms with E-state index in [0.29, 0.717) is 12.2 Å². The summed E-state index contributed by atoms with van der Waals surface area (Å²) < 4.78 is 0.911. The van der Waals surface area contributed by atoms with E-state index >= 15 is 0 Å². The minimum atomic E-state index is -0.0952. The zero-order chi connectivity index (χ0) is 13.4. The third-order valence-corrected chi connectivity index (χ3v) is 3.70. The Hall–Kier alpha value is -0.690. The van der Waals surface area contributed by atoms with Crippen LogP contribution in [0.5, 0.6) is 0 Å². The van der Waals surface area contributed by atoms with E-state index in [2.05, 4.69) is 51.6 Å². The lowest BCUT2D eigenvalue weighted by molar-refractivity contribution is 0.0944. The van der Waals surface area contributed by atoms with Crippen molar-refractivity contribution >= 4 is 28.5 Å². The summed E-state index contributed by atoms with van der Waals surface area (Å²) in [6.45, 7) is 7.80. The summed E-state index contributed by atoms with van der Waals surface area (Å²) in [5.74, 6) is -0.0952. The second-order valence-corrected chi connectivity index (χ2v) is 4.73. The molecule has 4 nitrogen and oxygen atoms in total. The molecule has 0 aromatic carbocycles.